The fourth-order valence-corrected chi connectivity index (χ4v) is 1.18. The Morgan fingerprint density at radius 2 is 1.46 bits per heavy atom. The molecule has 2 aromatic heterocycles. The summed E-state index contributed by atoms with van der Waals surface area (Å²) in [5.74, 6) is 0.870. The predicted octanol–water partition coefficient (Wildman–Crippen LogP) is 2.84. The Morgan fingerprint density at radius 1 is 0.923 bits per heavy atom. The number of furan rings is 2. The van der Waals surface area contributed by atoms with Gasteiger partial charge in [0.2, 0.25) is 0 Å². The van der Waals surface area contributed by atoms with Crippen LogP contribution in [0, 0.1) is 0 Å². The maximum Gasteiger partial charge on any atom is 0.289 e. The van der Waals surface area contributed by atoms with Gasteiger partial charge in [-0.05, 0) is 12.1 Å². The van der Waals surface area contributed by atoms with Gasteiger partial charge in [0.25, 0.3) is 20.9 Å². The highest BCUT2D eigenvalue weighted by Crippen LogP contribution is 2.24. The highest BCUT2D eigenvalue weighted by molar-refractivity contribution is 7.27. The summed E-state index contributed by atoms with van der Waals surface area (Å²) in [6.45, 7) is 0. The number of rotatable bonds is 4. The van der Waals surface area contributed by atoms with E-state index in [1.807, 2.05) is 0 Å². The van der Waals surface area contributed by atoms with Crippen molar-refractivity contribution in [3.8, 4) is 11.9 Å². The van der Waals surface area contributed by atoms with E-state index >= 15 is 0 Å². The molecule has 0 N–H and O–H groups in total. The van der Waals surface area contributed by atoms with Gasteiger partial charge in [-0.15, -0.1) is 0 Å². The first-order chi connectivity index (χ1) is 6.45. The molecule has 0 aliphatic carbocycles. The second-order valence-corrected chi connectivity index (χ2v) is 2.73. The average Bonchev–Trinajstić information content (AvgIpc) is 2.75. The Bertz CT molecular complexity index is 293. The van der Waals surface area contributed by atoms with Crippen molar-refractivity contribution in [2.75, 3.05) is 0 Å². The van der Waals surface area contributed by atoms with Gasteiger partial charge in [-0.2, -0.15) is 0 Å². The maximum absolute atomic E-state index is 5.10. The monoisotopic (exact) mass is 198 g/mol. The normalized spacial score (nSPS) is 9.85. The molecule has 13 heavy (non-hydrogen) atoms. The molecule has 5 heteroatoms. The van der Waals surface area contributed by atoms with Crippen molar-refractivity contribution in [3.63, 3.8) is 0 Å². The number of hydrogen-bond donors (Lipinski definition) is 0. The topological polar surface area (TPSA) is 44.7 Å². The Labute approximate surface area is 76.4 Å². The largest absolute Gasteiger partial charge is 0.434 e. The minimum Gasteiger partial charge on any atom is -0.434 e. The van der Waals surface area contributed by atoms with E-state index in [4.69, 9.17) is 17.9 Å². The van der Waals surface area contributed by atoms with Crippen molar-refractivity contribution in [1.29, 1.82) is 0 Å². The van der Waals surface area contributed by atoms with Gasteiger partial charge in [-0.25, -0.2) is 0 Å². The predicted molar refractivity (Wildman–Crippen MR) is 47.0 cm³/mol. The molecule has 2 heterocycles. The van der Waals surface area contributed by atoms with E-state index in [9.17, 15) is 0 Å². The summed E-state index contributed by atoms with van der Waals surface area (Å²) in [5, 5.41) is 0. The summed E-state index contributed by atoms with van der Waals surface area (Å²) in [7, 11) is -0.166. The van der Waals surface area contributed by atoms with Gasteiger partial charge in [0, 0.05) is 12.1 Å². The van der Waals surface area contributed by atoms with Crippen molar-refractivity contribution in [2.45, 2.75) is 0 Å². The van der Waals surface area contributed by atoms with Crippen LogP contribution in [0.4, 0.5) is 0 Å². The van der Waals surface area contributed by atoms with Crippen LogP contribution in [0.2, 0.25) is 0 Å². The third-order valence-electron chi connectivity index (χ3n) is 1.27. The zero-order valence-corrected chi connectivity index (χ0v) is 7.60. The molecule has 0 saturated carbocycles. The molecule has 0 bridgehead atoms. The van der Waals surface area contributed by atoms with Gasteiger partial charge >= 0.3 is 0 Å². The fourth-order valence-electron chi connectivity index (χ4n) is 0.746. The second-order valence-electron chi connectivity index (χ2n) is 2.15. The highest BCUT2D eigenvalue weighted by atomic mass is 31.1. The van der Waals surface area contributed by atoms with Crippen LogP contribution in [0.5, 0.6) is 11.9 Å². The molecule has 2 rings (SSSR count). The molecule has 0 unspecified atom stereocenters. The van der Waals surface area contributed by atoms with Crippen molar-refractivity contribution < 1.29 is 17.9 Å². The molecule has 0 aliphatic heterocycles. The minimum atomic E-state index is -0.166. The highest BCUT2D eigenvalue weighted by Gasteiger charge is 1.98. The Hall–Kier alpha value is -1.41. The van der Waals surface area contributed by atoms with E-state index in [0.717, 1.165) is 0 Å². The molecule has 0 radical (unpaired) electrons. The standard InChI is InChI=1S/C8H7O4P/c1-3-7(9-5-1)11-13-12-8-4-2-6-10-8/h1-6,13H. The molecular formula is C8H7O4P. The van der Waals surface area contributed by atoms with E-state index < -0.39 is 0 Å². The summed E-state index contributed by atoms with van der Waals surface area (Å²) in [6.07, 6.45) is 3.07. The summed E-state index contributed by atoms with van der Waals surface area (Å²) < 4.78 is 20.1. The van der Waals surface area contributed by atoms with E-state index in [-0.39, 0.29) is 9.03 Å². The summed E-state index contributed by atoms with van der Waals surface area (Å²) >= 11 is 0. The summed E-state index contributed by atoms with van der Waals surface area (Å²) in [6, 6.07) is 6.90. The van der Waals surface area contributed by atoms with Crippen molar-refractivity contribution in [2.24, 2.45) is 0 Å². The first kappa shape index (κ1) is 8.20. The molecule has 4 nitrogen and oxygen atoms in total. The lowest BCUT2D eigenvalue weighted by Gasteiger charge is -2.00. The van der Waals surface area contributed by atoms with Crippen LogP contribution in [-0.2, 0) is 0 Å². The molecule has 0 amide bonds. The third-order valence-corrected chi connectivity index (χ3v) is 1.84. The lowest BCUT2D eigenvalue weighted by Crippen LogP contribution is -1.80. The van der Waals surface area contributed by atoms with Crippen LogP contribution in [0.1, 0.15) is 0 Å². The molecule has 2 aromatic rings. The van der Waals surface area contributed by atoms with E-state index in [1.165, 1.54) is 12.5 Å². The lowest BCUT2D eigenvalue weighted by atomic mass is 10.7. The smallest absolute Gasteiger partial charge is 0.289 e. The zero-order chi connectivity index (χ0) is 8.93. The molecule has 0 spiro atoms. The summed E-state index contributed by atoms with van der Waals surface area (Å²) in [4.78, 5) is 0. The van der Waals surface area contributed by atoms with Crippen LogP contribution < -0.4 is 9.05 Å². The first-order valence-electron chi connectivity index (χ1n) is 3.61. The van der Waals surface area contributed by atoms with Gasteiger partial charge in [0.1, 0.15) is 0 Å². The van der Waals surface area contributed by atoms with Gasteiger partial charge in [0.05, 0.1) is 12.5 Å². The minimum absolute atomic E-state index is 0.166. The van der Waals surface area contributed by atoms with Gasteiger partial charge in [-0.3, -0.25) is 0 Å². The second kappa shape index (κ2) is 4.01. The fraction of sp³-hybridized carbons (Fsp3) is 0. The molecule has 68 valence electrons. The molecule has 0 fully saturated rings. The molecule has 0 atom stereocenters. The van der Waals surface area contributed by atoms with Crippen LogP contribution in [0.3, 0.4) is 0 Å². The molecule has 0 saturated heterocycles. The average molecular weight is 198 g/mol. The molecule has 0 aliphatic rings. The summed E-state index contributed by atoms with van der Waals surface area (Å²) in [5.41, 5.74) is 0. The number of hydrogen-bond acceptors (Lipinski definition) is 4. The van der Waals surface area contributed by atoms with Crippen molar-refractivity contribution >= 4 is 9.03 Å². The quantitative estimate of drug-likeness (QED) is 0.708. The van der Waals surface area contributed by atoms with Crippen LogP contribution >= 0.6 is 9.03 Å². The SMILES string of the molecule is c1coc(OPOc2ccco2)c1. The van der Waals surface area contributed by atoms with Gasteiger partial charge in [0.15, 0.2) is 0 Å². The van der Waals surface area contributed by atoms with Gasteiger partial charge < -0.3 is 17.9 Å². The first-order valence-corrected chi connectivity index (χ1v) is 4.42. The van der Waals surface area contributed by atoms with Gasteiger partial charge in [-0.1, -0.05) is 0 Å². The van der Waals surface area contributed by atoms with E-state index in [2.05, 4.69) is 0 Å². The van der Waals surface area contributed by atoms with Crippen molar-refractivity contribution in [1.82, 2.24) is 0 Å². The zero-order valence-electron chi connectivity index (χ0n) is 6.60. The van der Waals surface area contributed by atoms with Crippen LogP contribution in [0.15, 0.2) is 45.6 Å². The maximum atomic E-state index is 5.10. The lowest BCUT2D eigenvalue weighted by molar-refractivity contribution is 0.360. The van der Waals surface area contributed by atoms with Crippen LogP contribution in [0.25, 0.3) is 0 Å². The van der Waals surface area contributed by atoms with E-state index in [0.29, 0.717) is 11.9 Å². The Morgan fingerprint density at radius 3 is 1.85 bits per heavy atom. The van der Waals surface area contributed by atoms with Crippen molar-refractivity contribution in [3.05, 3.63) is 36.8 Å². The van der Waals surface area contributed by atoms with E-state index in [1.54, 1.807) is 24.3 Å². The molecular weight excluding hydrogens is 191 g/mol. The van der Waals surface area contributed by atoms with Crippen LogP contribution in [-0.4, -0.2) is 0 Å². The Kier molecular flexibility index (Phi) is 2.53. The third kappa shape index (κ3) is 2.26. The Balaban J connectivity index is 1.76. The molecule has 0 aromatic carbocycles.